The lowest BCUT2D eigenvalue weighted by molar-refractivity contribution is 0.216. The van der Waals surface area contributed by atoms with E-state index < -0.39 is 8.80 Å². The van der Waals surface area contributed by atoms with Gasteiger partial charge in [0.15, 0.2) is 0 Å². The first-order chi connectivity index (χ1) is 11.7. The number of hydrogen-bond donors (Lipinski definition) is 0. The zero-order valence-electron chi connectivity index (χ0n) is 15.1. The summed E-state index contributed by atoms with van der Waals surface area (Å²) in [4.78, 5) is 0. The summed E-state index contributed by atoms with van der Waals surface area (Å²) in [6, 6.07) is 9.96. The van der Waals surface area contributed by atoms with Gasteiger partial charge in [-0.15, -0.1) is 0 Å². The Balaban J connectivity index is 1.46. The SMILES string of the molecule is Cc1ccc(C2CCC(C3CC[SiH](CCCF)CC3)CC2)cc1F. The van der Waals surface area contributed by atoms with Crippen molar-refractivity contribution in [3.05, 3.63) is 35.1 Å². The molecule has 1 heterocycles. The number of benzene rings is 1. The van der Waals surface area contributed by atoms with Gasteiger partial charge in [0.2, 0.25) is 0 Å². The van der Waals surface area contributed by atoms with Crippen LogP contribution in [0.15, 0.2) is 18.2 Å². The van der Waals surface area contributed by atoms with Crippen LogP contribution in [0.1, 0.15) is 62.0 Å². The lowest BCUT2D eigenvalue weighted by Gasteiger charge is -2.37. The van der Waals surface area contributed by atoms with Crippen LogP contribution >= 0.6 is 0 Å². The van der Waals surface area contributed by atoms with E-state index in [0.717, 1.165) is 23.8 Å². The van der Waals surface area contributed by atoms with Gasteiger partial charge in [0.1, 0.15) is 5.82 Å². The highest BCUT2D eigenvalue weighted by Crippen LogP contribution is 2.43. The Bertz CT molecular complexity index is 515. The second-order valence-corrected chi connectivity index (χ2v) is 11.7. The summed E-state index contributed by atoms with van der Waals surface area (Å²) in [6.45, 7) is 1.72. The first-order valence-corrected chi connectivity index (χ1v) is 12.4. The fraction of sp³-hybridized carbons (Fsp3) is 0.714. The van der Waals surface area contributed by atoms with E-state index in [1.807, 2.05) is 13.0 Å². The van der Waals surface area contributed by atoms with Gasteiger partial charge in [-0.2, -0.15) is 0 Å². The third kappa shape index (κ3) is 4.47. The minimum absolute atomic E-state index is 0.0498. The fourth-order valence-electron chi connectivity index (χ4n) is 5.10. The van der Waals surface area contributed by atoms with Crippen molar-refractivity contribution in [1.29, 1.82) is 0 Å². The quantitative estimate of drug-likeness (QED) is 0.539. The van der Waals surface area contributed by atoms with Crippen LogP contribution in [0.5, 0.6) is 0 Å². The number of rotatable bonds is 5. The molecule has 3 heteroatoms. The van der Waals surface area contributed by atoms with Crippen molar-refractivity contribution >= 4 is 8.80 Å². The second-order valence-electron chi connectivity index (χ2n) is 8.23. The molecule has 0 aromatic heterocycles. The van der Waals surface area contributed by atoms with Crippen LogP contribution in [0.2, 0.25) is 18.1 Å². The molecule has 1 aromatic rings. The highest BCUT2D eigenvalue weighted by atomic mass is 28.3. The monoisotopic (exact) mass is 350 g/mol. The van der Waals surface area contributed by atoms with Gasteiger partial charge in [-0.1, -0.05) is 43.1 Å². The van der Waals surface area contributed by atoms with Crippen LogP contribution in [-0.2, 0) is 0 Å². The Hall–Kier alpha value is -0.703. The Morgan fingerprint density at radius 2 is 1.67 bits per heavy atom. The molecule has 1 aliphatic heterocycles. The molecule has 0 atom stereocenters. The molecule has 0 radical (unpaired) electrons. The standard InChI is InChI=1S/C21H32F2Si/c1-16-3-4-20(15-21(16)23)18-7-5-17(6-8-18)19-9-13-24(14-10-19)12-2-11-22/h3-4,15,17-19,24H,2,5-14H2,1H3. The molecule has 1 aromatic carbocycles. The van der Waals surface area contributed by atoms with Crippen LogP contribution in [0, 0.1) is 24.6 Å². The summed E-state index contributed by atoms with van der Waals surface area (Å²) in [5.74, 6) is 2.33. The van der Waals surface area contributed by atoms with Crippen molar-refractivity contribution in [2.24, 2.45) is 11.8 Å². The maximum absolute atomic E-state index is 13.8. The fourth-order valence-corrected chi connectivity index (χ4v) is 8.50. The average Bonchev–Trinajstić information content (AvgIpc) is 2.63. The van der Waals surface area contributed by atoms with Gasteiger partial charge in [0.05, 0.1) is 6.67 Å². The van der Waals surface area contributed by atoms with Crippen LogP contribution in [0.25, 0.3) is 0 Å². The van der Waals surface area contributed by atoms with Gasteiger partial charge in [-0.3, -0.25) is 4.39 Å². The molecule has 0 nitrogen and oxygen atoms in total. The maximum Gasteiger partial charge on any atom is 0.126 e. The zero-order chi connectivity index (χ0) is 16.9. The summed E-state index contributed by atoms with van der Waals surface area (Å²) in [6.07, 6.45) is 8.75. The van der Waals surface area contributed by atoms with Gasteiger partial charge in [0.25, 0.3) is 0 Å². The van der Waals surface area contributed by atoms with Crippen molar-refractivity contribution in [3.63, 3.8) is 0 Å². The van der Waals surface area contributed by atoms with E-state index in [0.29, 0.717) is 5.92 Å². The summed E-state index contributed by atoms with van der Waals surface area (Å²) in [5.41, 5.74) is 1.96. The van der Waals surface area contributed by atoms with E-state index in [1.54, 1.807) is 6.07 Å². The van der Waals surface area contributed by atoms with Gasteiger partial charge in [-0.25, -0.2) is 4.39 Å². The molecule has 3 rings (SSSR count). The van der Waals surface area contributed by atoms with Crippen LogP contribution in [-0.4, -0.2) is 15.5 Å². The molecule has 0 unspecified atom stereocenters. The van der Waals surface area contributed by atoms with Gasteiger partial charge in [0, 0.05) is 8.80 Å². The molecule has 0 bridgehead atoms. The van der Waals surface area contributed by atoms with Crippen LogP contribution < -0.4 is 0 Å². The Morgan fingerprint density at radius 1 is 1.00 bits per heavy atom. The number of aryl methyl sites for hydroxylation is 1. The maximum atomic E-state index is 13.8. The topological polar surface area (TPSA) is 0 Å². The second kappa shape index (κ2) is 8.60. The Labute approximate surface area is 147 Å². The lowest BCUT2D eigenvalue weighted by Crippen LogP contribution is -2.28. The molecule has 1 saturated heterocycles. The van der Waals surface area contributed by atoms with Gasteiger partial charge >= 0.3 is 0 Å². The molecule has 2 fully saturated rings. The summed E-state index contributed by atoms with van der Waals surface area (Å²) in [5, 5.41) is 0. The van der Waals surface area contributed by atoms with Crippen molar-refractivity contribution in [2.75, 3.05) is 6.67 Å². The van der Waals surface area contributed by atoms with Crippen LogP contribution in [0.3, 0.4) is 0 Å². The molecule has 0 N–H and O–H groups in total. The van der Waals surface area contributed by atoms with Crippen molar-refractivity contribution in [1.82, 2.24) is 0 Å². The summed E-state index contributed by atoms with van der Waals surface area (Å²) >= 11 is 0. The van der Waals surface area contributed by atoms with E-state index in [-0.39, 0.29) is 12.5 Å². The van der Waals surface area contributed by atoms with Crippen LogP contribution in [0.4, 0.5) is 8.78 Å². The predicted molar refractivity (Wildman–Crippen MR) is 101 cm³/mol. The summed E-state index contributed by atoms with van der Waals surface area (Å²) in [7, 11) is -0.590. The normalized spacial score (nSPS) is 31.1. The van der Waals surface area contributed by atoms with E-state index in [1.165, 1.54) is 62.2 Å². The predicted octanol–water partition coefficient (Wildman–Crippen LogP) is 6.40. The summed E-state index contributed by atoms with van der Waals surface area (Å²) < 4.78 is 26.1. The molecule has 0 spiro atoms. The van der Waals surface area contributed by atoms with Crippen molar-refractivity contribution in [3.8, 4) is 0 Å². The van der Waals surface area contributed by atoms with Gasteiger partial charge in [-0.05, 0) is 74.0 Å². The molecule has 0 amide bonds. The Kier molecular flexibility index (Phi) is 6.48. The Morgan fingerprint density at radius 3 is 2.29 bits per heavy atom. The largest absolute Gasteiger partial charge is 0.251 e. The molecule has 134 valence electrons. The number of alkyl halides is 1. The van der Waals surface area contributed by atoms with E-state index in [2.05, 4.69) is 6.07 Å². The third-order valence-corrected chi connectivity index (χ3v) is 10.3. The molecular formula is C21H32F2Si. The first-order valence-electron chi connectivity index (χ1n) is 9.99. The number of hydrogen-bond acceptors (Lipinski definition) is 0. The van der Waals surface area contributed by atoms with Gasteiger partial charge < -0.3 is 0 Å². The molecular weight excluding hydrogens is 318 g/mol. The first kappa shape index (κ1) is 18.1. The number of halogens is 2. The highest BCUT2D eigenvalue weighted by molar-refractivity contribution is 6.58. The smallest absolute Gasteiger partial charge is 0.126 e. The van der Waals surface area contributed by atoms with Crippen molar-refractivity contribution < 1.29 is 8.78 Å². The van der Waals surface area contributed by atoms with E-state index >= 15 is 0 Å². The highest BCUT2D eigenvalue weighted by Gasteiger charge is 2.31. The van der Waals surface area contributed by atoms with Crippen molar-refractivity contribution in [2.45, 2.75) is 75.9 Å². The molecule has 2 aliphatic rings. The lowest BCUT2D eigenvalue weighted by atomic mass is 9.72. The third-order valence-electron chi connectivity index (χ3n) is 6.74. The zero-order valence-corrected chi connectivity index (χ0v) is 16.2. The molecule has 24 heavy (non-hydrogen) atoms. The molecule has 1 aliphatic carbocycles. The minimum atomic E-state index is -0.590. The van der Waals surface area contributed by atoms with E-state index in [4.69, 9.17) is 0 Å². The van der Waals surface area contributed by atoms with E-state index in [9.17, 15) is 8.78 Å². The average molecular weight is 351 g/mol. The molecule has 1 saturated carbocycles. The minimum Gasteiger partial charge on any atom is -0.251 e.